The normalized spacial score (nSPS) is 10.5. The van der Waals surface area contributed by atoms with Crippen molar-refractivity contribution in [3.63, 3.8) is 0 Å². The molecule has 0 fully saturated rings. The van der Waals surface area contributed by atoms with E-state index in [9.17, 15) is 9.59 Å². The predicted octanol–water partition coefficient (Wildman–Crippen LogP) is 3.11. The first-order valence-electron chi connectivity index (χ1n) is 7.79. The molecule has 10 heteroatoms. The lowest BCUT2D eigenvalue weighted by Gasteiger charge is -2.12. The zero-order valence-corrected chi connectivity index (χ0v) is 16.7. The van der Waals surface area contributed by atoms with Gasteiger partial charge < -0.3 is 19.5 Å². The minimum atomic E-state index is -0.986. The fourth-order valence-electron chi connectivity index (χ4n) is 2.16. The number of anilines is 1. The van der Waals surface area contributed by atoms with Gasteiger partial charge in [-0.15, -0.1) is 0 Å². The zero-order valence-electron chi connectivity index (χ0n) is 15.2. The lowest BCUT2D eigenvalue weighted by Crippen LogP contribution is -2.32. The molecule has 2 rings (SSSR count). The molecule has 0 bridgehead atoms. The molecule has 28 heavy (non-hydrogen) atoms. The number of rotatable bonds is 6. The van der Waals surface area contributed by atoms with Crippen LogP contribution in [0.2, 0.25) is 10.0 Å². The van der Waals surface area contributed by atoms with Gasteiger partial charge in [0.25, 0.3) is 0 Å². The molecule has 0 radical (unpaired) electrons. The van der Waals surface area contributed by atoms with Crippen molar-refractivity contribution in [3.05, 3.63) is 45.9 Å². The van der Waals surface area contributed by atoms with Crippen LogP contribution in [-0.4, -0.2) is 39.4 Å². The second-order valence-electron chi connectivity index (χ2n) is 5.24. The Morgan fingerprint density at radius 1 is 0.964 bits per heavy atom. The summed E-state index contributed by atoms with van der Waals surface area (Å²) in [6.07, 6.45) is 1.32. The SMILES string of the molecule is COc1cc(/C=N\NC(=O)C(=O)Nc2cc(Cl)ccc2Cl)cc(OC)c1OC. The van der Waals surface area contributed by atoms with Crippen LogP contribution in [0, 0.1) is 0 Å². The van der Waals surface area contributed by atoms with Crippen LogP contribution < -0.4 is 25.0 Å². The van der Waals surface area contributed by atoms with E-state index in [4.69, 9.17) is 37.4 Å². The van der Waals surface area contributed by atoms with Gasteiger partial charge in [-0.05, 0) is 30.3 Å². The minimum absolute atomic E-state index is 0.211. The average molecular weight is 426 g/mol. The van der Waals surface area contributed by atoms with E-state index in [0.29, 0.717) is 27.8 Å². The third-order valence-electron chi connectivity index (χ3n) is 3.45. The molecule has 0 spiro atoms. The lowest BCUT2D eigenvalue weighted by molar-refractivity contribution is -0.136. The van der Waals surface area contributed by atoms with Crippen molar-refractivity contribution in [3.8, 4) is 17.2 Å². The molecular weight excluding hydrogens is 409 g/mol. The molecule has 0 aliphatic carbocycles. The molecular formula is C18H17Cl2N3O5. The van der Waals surface area contributed by atoms with Crippen LogP contribution in [0.5, 0.6) is 17.2 Å². The largest absolute Gasteiger partial charge is 0.493 e. The monoisotopic (exact) mass is 425 g/mol. The van der Waals surface area contributed by atoms with Crippen molar-refractivity contribution in [2.24, 2.45) is 5.10 Å². The van der Waals surface area contributed by atoms with Crippen LogP contribution >= 0.6 is 23.2 Å². The molecule has 0 heterocycles. The maximum atomic E-state index is 11.9. The highest BCUT2D eigenvalue weighted by atomic mass is 35.5. The molecule has 0 unspecified atom stereocenters. The van der Waals surface area contributed by atoms with Gasteiger partial charge in [-0.2, -0.15) is 5.10 Å². The van der Waals surface area contributed by atoms with E-state index in [0.717, 1.165) is 0 Å². The quantitative estimate of drug-likeness (QED) is 0.420. The number of hydrogen-bond acceptors (Lipinski definition) is 6. The number of hydrazone groups is 1. The molecule has 0 atom stereocenters. The Hall–Kier alpha value is -2.97. The van der Waals surface area contributed by atoms with Gasteiger partial charge in [0.1, 0.15) is 0 Å². The Morgan fingerprint density at radius 2 is 1.61 bits per heavy atom. The molecule has 2 amide bonds. The van der Waals surface area contributed by atoms with Crippen LogP contribution in [-0.2, 0) is 9.59 Å². The number of nitrogens with zero attached hydrogens (tertiary/aromatic N) is 1. The summed E-state index contributed by atoms with van der Waals surface area (Å²) < 4.78 is 15.7. The van der Waals surface area contributed by atoms with Crippen molar-refractivity contribution >= 4 is 46.9 Å². The number of methoxy groups -OCH3 is 3. The van der Waals surface area contributed by atoms with Gasteiger partial charge in [-0.1, -0.05) is 23.2 Å². The van der Waals surface area contributed by atoms with E-state index in [1.807, 2.05) is 0 Å². The van der Waals surface area contributed by atoms with Crippen LogP contribution in [0.25, 0.3) is 0 Å². The number of nitrogens with one attached hydrogen (secondary N) is 2. The summed E-state index contributed by atoms with van der Waals surface area (Å²) in [5.74, 6) is -0.680. The zero-order chi connectivity index (χ0) is 20.7. The molecule has 2 N–H and O–H groups in total. The van der Waals surface area contributed by atoms with E-state index in [1.165, 1.54) is 39.7 Å². The smallest absolute Gasteiger partial charge is 0.329 e. The van der Waals surface area contributed by atoms with Crippen molar-refractivity contribution < 1.29 is 23.8 Å². The predicted molar refractivity (Wildman–Crippen MR) is 107 cm³/mol. The van der Waals surface area contributed by atoms with Crippen LogP contribution in [0.1, 0.15) is 5.56 Å². The number of carbonyl (C=O) groups excluding carboxylic acids is 2. The standard InChI is InChI=1S/C18H17Cl2N3O5/c1-26-14-6-10(7-15(27-2)16(14)28-3)9-21-23-18(25)17(24)22-13-8-11(19)4-5-12(13)20/h4-9H,1-3H3,(H,22,24)(H,23,25)/b21-9-. The summed E-state index contributed by atoms with van der Waals surface area (Å²) in [7, 11) is 4.44. The first kappa shape index (κ1) is 21.3. The number of halogens is 2. The van der Waals surface area contributed by atoms with E-state index in [1.54, 1.807) is 18.2 Å². The molecule has 8 nitrogen and oxygen atoms in total. The number of benzene rings is 2. The van der Waals surface area contributed by atoms with Crippen LogP contribution in [0.3, 0.4) is 0 Å². The van der Waals surface area contributed by atoms with Gasteiger partial charge in [0.2, 0.25) is 5.75 Å². The molecule has 0 saturated heterocycles. The Kier molecular flexibility index (Phi) is 7.48. The summed E-state index contributed by atoms with van der Waals surface area (Å²) in [5, 5.41) is 6.71. The fourth-order valence-corrected chi connectivity index (χ4v) is 2.50. The maximum Gasteiger partial charge on any atom is 0.329 e. The first-order chi connectivity index (χ1) is 13.4. The van der Waals surface area contributed by atoms with Crippen molar-refractivity contribution in [2.45, 2.75) is 0 Å². The first-order valence-corrected chi connectivity index (χ1v) is 8.54. The van der Waals surface area contributed by atoms with Crippen molar-refractivity contribution in [1.82, 2.24) is 5.43 Å². The van der Waals surface area contributed by atoms with Gasteiger partial charge in [-0.25, -0.2) is 5.43 Å². The van der Waals surface area contributed by atoms with E-state index < -0.39 is 11.8 Å². The Morgan fingerprint density at radius 3 is 2.18 bits per heavy atom. The third kappa shape index (κ3) is 5.28. The fraction of sp³-hybridized carbons (Fsp3) is 0.167. The molecule has 0 saturated carbocycles. The van der Waals surface area contributed by atoms with E-state index in [-0.39, 0.29) is 10.7 Å². The Labute approximate surface area is 171 Å². The second kappa shape index (κ2) is 9.82. The summed E-state index contributed by atoms with van der Waals surface area (Å²) in [6.45, 7) is 0. The van der Waals surface area contributed by atoms with Crippen LogP contribution in [0.15, 0.2) is 35.4 Å². The molecule has 2 aromatic carbocycles. The Balaban J connectivity index is 2.06. The van der Waals surface area contributed by atoms with Gasteiger partial charge in [0.15, 0.2) is 11.5 Å². The van der Waals surface area contributed by atoms with Crippen molar-refractivity contribution in [1.29, 1.82) is 0 Å². The highest BCUT2D eigenvalue weighted by Gasteiger charge is 2.15. The highest BCUT2D eigenvalue weighted by molar-refractivity contribution is 6.42. The Bertz CT molecular complexity index is 893. The molecule has 0 aliphatic heterocycles. The van der Waals surface area contributed by atoms with E-state index >= 15 is 0 Å². The number of ether oxygens (including phenoxy) is 3. The minimum Gasteiger partial charge on any atom is -0.493 e. The summed E-state index contributed by atoms with van der Waals surface area (Å²) in [4.78, 5) is 23.8. The summed E-state index contributed by atoms with van der Waals surface area (Å²) >= 11 is 11.8. The van der Waals surface area contributed by atoms with Gasteiger partial charge in [0, 0.05) is 10.6 Å². The molecule has 148 valence electrons. The lowest BCUT2D eigenvalue weighted by atomic mass is 10.2. The highest BCUT2D eigenvalue weighted by Crippen LogP contribution is 2.37. The second-order valence-corrected chi connectivity index (χ2v) is 6.08. The molecule has 2 aromatic rings. The number of carbonyl (C=O) groups is 2. The van der Waals surface area contributed by atoms with Crippen LogP contribution in [0.4, 0.5) is 5.69 Å². The summed E-state index contributed by atoms with van der Waals surface area (Å²) in [6, 6.07) is 7.74. The number of hydrogen-bond donors (Lipinski definition) is 2. The topological polar surface area (TPSA) is 98.2 Å². The summed E-state index contributed by atoms with van der Waals surface area (Å²) in [5.41, 5.74) is 2.88. The maximum absolute atomic E-state index is 11.9. The third-order valence-corrected chi connectivity index (χ3v) is 4.01. The molecule has 0 aliphatic rings. The molecule has 0 aromatic heterocycles. The van der Waals surface area contributed by atoms with E-state index in [2.05, 4.69) is 15.8 Å². The van der Waals surface area contributed by atoms with Gasteiger partial charge in [-0.3, -0.25) is 9.59 Å². The number of amides is 2. The van der Waals surface area contributed by atoms with Gasteiger partial charge >= 0.3 is 11.8 Å². The average Bonchev–Trinajstić information content (AvgIpc) is 2.69. The van der Waals surface area contributed by atoms with Crippen molar-refractivity contribution in [2.75, 3.05) is 26.6 Å². The van der Waals surface area contributed by atoms with Gasteiger partial charge in [0.05, 0.1) is 38.3 Å².